The van der Waals surface area contributed by atoms with Crippen molar-refractivity contribution in [1.82, 2.24) is 5.32 Å². The third-order valence-corrected chi connectivity index (χ3v) is 18.7. The quantitative estimate of drug-likeness (QED) is 0.0320. The number of ether oxygens (including phenoxy) is 1. The fourth-order valence-corrected chi connectivity index (χ4v) is 12.6. The van der Waals surface area contributed by atoms with E-state index >= 15 is 0 Å². The van der Waals surface area contributed by atoms with Gasteiger partial charge in [-0.1, -0.05) is 403 Å². The third kappa shape index (κ3) is 73.0. The highest BCUT2D eigenvalue weighted by atomic mass is 16.5. The molecule has 0 aromatic carbocycles. The van der Waals surface area contributed by atoms with Crippen LogP contribution in [-0.4, -0.2) is 47.4 Å². The summed E-state index contributed by atoms with van der Waals surface area (Å²) < 4.78 is 5.50. The molecule has 6 nitrogen and oxygen atoms in total. The van der Waals surface area contributed by atoms with Crippen LogP contribution in [0.5, 0.6) is 0 Å². The number of allylic oxidation sites excluding steroid dienone is 5. The maximum Gasteiger partial charge on any atom is 0.305 e. The first-order chi connectivity index (χ1) is 43.0. The van der Waals surface area contributed by atoms with E-state index < -0.39 is 12.1 Å². The van der Waals surface area contributed by atoms with Crippen LogP contribution in [0, 0.1) is 0 Å². The normalized spacial score (nSPS) is 12.6. The molecule has 0 aromatic rings. The largest absolute Gasteiger partial charge is 0.466 e. The summed E-state index contributed by atoms with van der Waals surface area (Å²) in [6.45, 7) is 4.93. The highest BCUT2D eigenvalue weighted by Crippen LogP contribution is 2.20. The first-order valence-electron chi connectivity index (χ1n) is 39.8. The van der Waals surface area contributed by atoms with Gasteiger partial charge in [0.05, 0.1) is 25.4 Å². The average Bonchev–Trinajstić information content (AvgIpc) is 3.53. The van der Waals surface area contributed by atoms with Crippen LogP contribution < -0.4 is 5.32 Å². The van der Waals surface area contributed by atoms with Crippen molar-refractivity contribution in [2.75, 3.05) is 13.2 Å². The smallest absolute Gasteiger partial charge is 0.305 e. The summed E-state index contributed by atoms with van der Waals surface area (Å²) in [6, 6.07) is -0.625. The minimum Gasteiger partial charge on any atom is -0.466 e. The fourth-order valence-electron chi connectivity index (χ4n) is 12.6. The van der Waals surface area contributed by atoms with Gasteiger partial charge in [-0.25, -0.2) is 0 Å². The number of aliphatic hydroxyl groups excluding tert-OH is 2. The molecule has 514 valence electrons. The number of carbonyl (C=O) groups excluding carboxylic acids is 2. The number of unbranched alkanes of at least 4 members (excludes halogenated alkanes) is 60. The first kappa shape index (κ1) is 85.1. The maximum atomic E-state index is 12.5. The third-order valence-electron chi connectivity index (χ3n) is 18.7. The van der Waals surface area contributed by atoms with E-state index in [1.165, 1.54) is 366 Å². The van der Waals surface area contributed by atoms with Gasteiger partial charge in [0.25, 0.3) is 0 Å². The lowest BCUT2D eigenvalue weighted by atomic mass is 10.0. The van der Waals surface area contributed by atoms with Gasteiger partial charge < -0.3 is 20.3 Å². The van der Waals surface area contributed by atoms with Gasteiger partial charge in [-0.05, 0) is 64.2 Å². The molecule has 87 heavy (non-hydrogen) atoms. The second-order valence-corrected chi connectivity index (χ2v) is 27.4. The van der Waals surface area contributed by atoms with Crippen LogP contribution in [-0.2, 0) is 14.3 Å². The summed E-state index contributed by atoms with van der Waals surface area (Å²) in [6.07, 6.45) is 99.9. The summed E-state index contributed by atoms with van der Waals surface area (Å²) in [7, 11) is 0. The zero-order chi connectivity index (χ0) is 62.8. The molecule has 0 fully saturated rings. The van der Waals surface area contributed by atoms with E-state index in [1.807, 2.05) is 6.08 Å². The SMILES string of the molecule is CCCCCC/C=C\C/C=C\CCCCCCCC(=O)OCCCCCCCCCCCCCCCCCCCCCCCCCCCCCCCCCCCCCC(=O)NC(CO)C(O)/C=C/CCCCCCCCCCCCCCCCCCC. The molecule has 1 amide bonds. The fraction of sp³-hybridized carbons (Fsp3) is 0.901. The Morgan fingerprint density at radius 1 is 0.322 bits per heavy atom. The molecule has 0 rings (SSSR count). The Morgan fingerprint density at radius 2 is 0.575 bits per heavy atom. The lowest BCUT2D eigenvalue weighted by molar-refractivity contribution is -0.143. The van der Waals surface area contributed by atoms with Crippen molar-refractivity contribution in [3.8, 4) is 0 Å². The van der Waals surface area contributed by atoms with Crippen LogP contribution in [0.15, 0.2) is 36.5 Å². The molecule has 0 aromatic heterocycles. The molecule has 0 saturated carbocycles. The highest BCUT2D eigenvalue weighted by molar-refractivity contribution is 5.76. The number of hydrogen-bond donors (Lipinski definition) is 3. The maximum absolute atomic E-state index is 12.5. The Hall–Kier alpha value is -1.92. The Balaban J connectivity index is 3.33. The minimum atomic E-state index is -0.841. The van der Waals surface area contributed by atoms with Crippen molar-refractivity contribution in [1.29, 1.82) is 0 Å². The van der Waals surface area contributed by atoms with Crippen molar-refractivity contribution in [2.45, 2.75) is 456 Å². The van der Waals surface area contributed by atoms with E-state index in [1.54, 1.807) is 6.08 Å². The van der Waals surface area contributed by atoms with Crippen LogP contribution in [0.3, 0.4) is 0 Å². The summed E-state index contributed by atoms with van der Waals surface area (Å²) in [5, 5.41) is 23.3. The molecule has 2 unspecified atom stereocenters. The van der Waals surface area contributed by atoms with Crippen LogP contribution in [0.25, 0.3) is 0 Å². The molecule has 6 heteroatoms. The molecular weight excluding hydrogens is 1070 g/mol. The van der Waals surface area contributed by atoms with Gasteiger partial charge in [-0.15, -0.1) is 0 Å². The van der Waals surface area contributed by atoms with Crippen molar-refractivity contribution in [3.05, 3.63) is 36.5 Å². The van der Waals surface area contributed by atoms with Crippen LogP contribution in [0.4, 0.5) is 0 Å². The number of rotatable bonds is 75. The zero-order valence-corrected chi connectivity index (χ0v) is 59.0. The van der Waals surface area contributed by atoms with E-state index in [-0.39, 0.29) is 18.5 Å². The molecule has 0 aliphatic rings. The predicted octanol–water partition coefficient (Wildman–Crippen LogP) is 26.2. The zero-order valence-electron chi connectivity index (χ0n) is 59.0. The molecule has 0 aliphatic heterocycles. The molecule has 3 N–H and O–H groups in total. The first-order valence-corrected chi connectivity index (χ1v) is 39.8. The molecule has 0 heterocycles. The summed E-state index contributed by atoms with van der Waals surface area (Å²) in [4.78, 5) is 24.6. The van der Waals surface area contributed by atoms with Gasteiger partial charge in [-0.3, -0.25) is 9.59 Å². The molecule has 0 bridgehead atoms. The second-order valence-electron chi connectivity index (χ2n) is 27.4. The van der Waals surface area contributed by atoms with Gasteiger partial charge in [-0.2, -0.15) is 0 Å². The molecule has 0 saturated heterocycles. The molecule has 0 aliphatic carbocycles. The Morgan fingerprint density at radius 3 is 0.885 bits per heavy atom. The monoisotopic (exact) mass is 1220 g/mol. The average molecular weight is 1220 g/mol. The topological polar surface area (TPSA) is 95.9 Å². The number of nitrogens with one attached hydrogen (secondary N) is 1. The minimum absolute atomic E-state index is 0.00949. The number of esters is 1. The van der Waals surface area contributed by atoms with Gasteiger partial charge in [0.1, 0.15) is 0 Å². The lowest BCUT2D eigenvalue weighted by Crippen LogP contribution is -2.45. The van der Waals surface area contributed by atoms with Crippen LogP contribution in [0.2, 0.25) is 0 Å². The predicted molar refractivity (Wildman–Crippen MR) is 384 cm³/mol. The summed E-state index contributed by atoms with van der Waals surface area (Å²) >= 11 is 0. The van der Waals surface area contributed by atoms with E-state index in [0.29, 0.717) is 19.4 Å². The van der Waals surface area contributed by atoms with Gasteiger partial charge in [0, 0.05) is 12.8 Å². The Labute approximate surface area is 544 Å². The summed E-state index contributed by atoms with van der Waals surface area (Å²) in [5.74, 6) is -0.0491. The van der Waals surface area contributed by atoms with Crippen LogP contribution in [0.1, 0.15) is 444 Å². The number of carbonyl (C=O) groups is 2. The van der Waals surface area contributed by atoms with E-state index in [0.717, 1.165) is 51.4 Å². The van der Waals surface area contributed by atoms with Gasteiger partial charge in [0.2, 0.25) is 5.91 Å². The van der Waals surface area contributed by atoms with E-state index in [4.69, 9.17) is 4.74 Å². The molecule has 0 spiro atoms. The molecular formula is C81H155NO5. The van der Waals surface area contributed by atoms with Crippen molar-refractivity contribution in [2.24, 2.45) is 0 Å². The van der Waals surface area contributed by atoms with Crippen LogP contribution >= 0.6 is 0 Å². The van der Waals surface area contributed by atoms with Gasteiger partial charge >= 0.3 is 5.97 Å². The highest BCUT2D eigenvalue weighted by Gasteiger charge is 2.18. The van der Waals surface area contributed by atoms with E-state index in [9.17, 15) is 19.8 Å². The summed E-state index contributed by atoms with van der Waals surface area (Å²) in [5.41, 5.74) is 0. The van der Waals surface area contributed by atoms with Crippen molar-refractivity contribution < 1.29 is 24.5 Å². The Bertz CT molecular complexity index is 1410. The molecule has 2 atom stereocenters. The number of aliphatic hydroxyl groups is 2. The standard InChI is InChI=1S/C81H155NO5/c1-3-5-7-9-11-13-15-17-19-21-39-42-45-49-53-57-61-65-69-73-79(84)78(77-83)82-80(85)74-70-66-62-58-54-50-46-43-40-37-35-33-31-29-27-25-23-22-24-26-28-30-32-34-36-38-41-44-48-52-56-60-64-68-72-76-87-81(86)75-71-67-63-59-55-51-47-20-18-16-14-12-10-8-6-4-2/h14,16,20,47,69,73,78-79,83-84H,3-13,15,17-19,21-46,48-68,70-72,74-77H2,1-2H3,(H,82,85)/b16-14-,47-20-,73-69+. The van der Waals surface area contributed by atoms with Crippen molar-refractivity contribution >= 4 is 11.9 Å². The molecule has 0 radical (unpaired) electrons. The second kappa shape index (κ2) is 76.5. The number of hydrogen-bond acceptors (Lipinski definition) is 5. The number of amides is 1. The van der Waals surface area contributed by atoms with E-state index in [2.05, 4.69) is 43.5 Å². The Kier molecular flexibility index (Phi) is 74.8. The lowest BCUT2D eigenvalue weighted by Gasteiger charge is -2.20. The van der Waals surface area contributed by atoms with Crippen molar-refractivity contribution in [3.63, 3.8) is 0 Å². The van der Waals surface area contributed by atoms with Gasteiger partial charge in [0.15, 0.2) is 0 Å².